The van der Waals surface area contributed by atoms with Crippen molar-refractivity contribution in [2.75, 3.05) is 5.32 Å². The molecule has 2 aromatic carbocycles. The summed E-state index contributed by atoms with van der Waals surface area (Å²) in [5.74, 6) is -0.735. The zero-order valence-corrected chi connectivity index (χ0v) is 14.5. The predicted octanol–water partition coefficient (Wildman–Crippen LogP) is 5.74. The molecule has 0 radical (unpaired) electrons. The van der Waals surface area contributed by atoms with Crippen molar-refractivity contribution in [1.82, 2.24) is 0 Å². The van der Waals surface area contributed by atoms with Crippen molar-refractivity contribution in [3.05, 3.63) is 81.8 Å². The molecule has 0 aliphatic carbocycles. The van der Waals surface area contributed by atoms with E-state index in [2.05, 4.69) is 5.32 Å². The van der Waals surface area contributed by atoms with Crippen LogP contribution in [0.5, 0.6) is 5.75 Å². The number of rotatable bonds is 5. The zero-order chi connectivity index (χ0) is 19.4. The van der Waals surface area contributed by atoms with E-state index in [0.717, 1.165) is 17.4 Å². The highest BCUT2D eigenvalue weighted by atomic mass is 32.1. The normalized spacial score (nSPS) is 11.3. The first-order chi connectivity index (χ1) is 12.8. The summed E-state index contributed by atoms with van der Waals surface area (Å²) in [6, 6.07) is 11.9. The molecule has 0 unspecified atom stereocenters. The average molecular weight is 395 g/mol. The average Bonchev–Trinajstić information content (AvgIpc) is 3.09. The minimum absolute atomic E-state index is 0.104. The van der Waals surface area contributed by atoms with Gasteiger partial charge in [0.25, 0.3) is 5.91 Å². The third-order valence-electron chi connectivity index (χ3n) is 3.56. The molecule has 0 atom stereocenters. The Morgan fingerprint density at radius 3 is 2.59 bits per heavy atom. The van der Waals surface area contributed by atoms with Crippen LogP contribution >= 0.6 is 11.3 Å². The Labute approximate surface area is 156 Å². The van der Waals surface area contributed by atoms with Gasteiger partial charge in [0.1, 0.15) is 18.2 Å². The number of para-hydroxylation sites is 1. The molecule has 0 saturated heterocycles. The van der Waals surface area contributed by atoms with Gasteiger partial charge in [0.05, 0.1) is 16.1 Å². The van der Waals surface area contributed by atoms with Gasteiger partial charge in [-0.15, -0.1) is 11.3 Å². The van der Waals surface area contributed by atoms with Gasteiger partial charge < -0.3 is 10.1 Å². The molecule has 0 aliphatic heterocycles. The number of hydrogen-bond acceptors (Lipinski definition) is 3. The van der Waals surface area contributed by atoms with E-state index < -0.39 is 23.5 Å². The maximum absolute atomic E-state index is 13.1. The summed E-state index contributed by atoms with van der Waals surface area (Å²) in [6.07, 6.45) is -4.57. The zero-order valence-electron chi connectivity index (χ0n) is 13.7. The molecule has 0 saturated carbocycles. The lowest BCUT2D eigenvalue weighted by molar-refractivity contribution is -0.136. The van der Waals surface area contributed by atoms with Gasteiger partial charge in [-0.25, -0.2) is 4.39 Å². The molecule has 3 aromatic rings. The quantitative estimate of drug-likeness (QED) is 0.560. The van der Waals surface area contributed by atoms with Crippen LogP contribution in [0.3, 0.4) is 0 Å². The number of nitrogens with one attached hydrogen (secondary N) is 1. The fraction of sp³-hybridized carbons (Fsp3) is 0.105. The van der Waals surface area contributed by atoms with Crippen LogP contribution in [0.15, 0.2) is 60.0 Å². The van der Waals surface area contributed by atoms with Crippen LogP contribution in [-0.2, 0) is 12.8 Å². The first kappa shape index (κ1) is 18.9. The minimum Gasteiger partial charge on any atom is -0.489 e. The Balaban J connectivity index is 1.67. The van der Waals surface area contributed by atoms with Gasteiger partial charge in [0, 0.05) is 11.6 Å². The van der Waals surface area contributed by atoms with Gasteiger partial charge in [-0.05, 0) is 35.7 Å². The van der Waals surface area contributed by atoms with E-state index in [0.29, 0.717) is 11.3 Å². The van der Waals surface area contributed by atoms with E-state index in [-0.39, 0.29) is 17.2 Å². The standard InChI is InChI=1S/C19H13F4NO2S/c20-13-4-3-5-14(9-13)26-10-12-8-17(27-11-12)18(25)24-16-7-2-1-6-15(16)19(21,22)23/h1-9,11H,10H2,(H,24,25). The summed E-state index contributed by atoms with van der Waals surface area (Å²) >= 11 is 1.08. The van der Waals surface area contributed by atoms with E-state index in [1.807, 2.05) is 0 Å². The molecule has 27 heavy (non-hydrogen) atoms. The highest BCUT2D eigenvalue weighted by Gasteiger charge is 2.33. The second-order valence-electron chi connectivity index (χ2n) is 5.56. The molecular weight excluding hydrogens is 382 g/mol. The molecule has 1 heterocycles. The van der Waals surface area contributed by atoms with E-state index in [1.165, 1.54) is 42.5 Å². The molecule has 1 aromatic heterocycles. The molecule has 3 nitrogen and oxygen atoms in total. The number of hydrogen-bond donors (Lipinski definition) is 1. The second-order valence-corrected chi connectivity index (χ2v) is 6.47. The van der Waals surface area contributed by atoms with Gasteiger partial charge in [-0.3, -0.25) is 4.79 Å². The summed E-state index contributed by atoms with van der Waals surface area (Å²) in [5.41, 5.74) is -0.566. The van der Waals surface area contributed by atoms with Crippen molar-refractivity contribution in [3.63, 3.8) is 0 Å². The lowest BCUT2D eigenvalue weighted by atomic mass is 10.1. The van der Waals surface area contributed by atoms with Gasteiger partial charge in [0.15, 0.2) is 0 Å². The third kappa shape index (κ3) is 4.85. The van der Waals surface area contributed by atoms with E-state index in [4.69, 9.17) is 4.74 Å². The van der Waals surface area contributed by atoms with Crippen LogP contribution in [0.4, 0.5) is 23.2 Å². The number of alkyl halides is 3. The number of thiophene rings is 1. The Morgan fingerprint density at radius 2 is 1.85 bits per heavy atom. The molecular formula is C19H13F4NO2S. The van der Waals surface area contributed by atoms with Crippen LogP contribution in [0.1, 0.15) is 20.8 Å². The van der Waals surface area contributed by atoms with Crippen molar-refractivity contribution >= 4 is 22.9 Å². The largest absolute Gasteiger partial charge is 0.489 e. The first-order valence-corrected chi connectivity index (χ1v) is 8.64. The number of amides is 1. The SMILES string of the molecule is O=C(Nc1ccccc1C(F)(F)F)c1cc(COc2cccc(F)c2)cs1. The Morgan fingerprint density at radius 1 is 1.07 bits per heavy atom. The van der Waals surface area contributed by atoms with Crippen LogP contribution in [0.2, 0.25) is 0 Å². The molecule has 3 rings (SSSR count). The number of anilines is 1. The molecule has 8 heteroatoms. The molecule has 1 amide bonds. The molecule has 0 aliphatic rings. The molecule has 0 spiro atoms. The smallest absolute Gasteiger partial charge is 0.418 e. The van der Waals surface area contributed by atoms with Gasteiger partial charge in [-0.2, -0.15) is 13.2 Å². The Bertz CT molecular complexity index is 953. The number of carbonyl (C=O) groups excluding carboxylic acids is 1. The van der Waals surface area contributed by atoms with Crippen LogP contribution < -0.4 is 10.1 Å². The summed E-state index contributed by atoms with van der Waals surface area (Å²) in [6.45, 7) is 0.104. The summed E-state index contributed by atoms with van der Waals surface area (Å²) in [7, 11) is 0. The van der Waals surface area contributed by atoms with Gasteiger partial charge in [-0.1, -0.05) is 18.2 Å². The summed E-state index contributed by atoms with van der Waals surface area (Å²) in [4.78, 5) is 12.5. The number of halogens is 4. The molecule has 140 valence electrons. The number of benzene rings is 2. The second kappa shape index (κ2) is 7.79. The summed E-state index contributed by atoms with van der Waals surface area (Å²) < 4.78 is 57.6. The van der Waals surface area contributed by atoms with E-state index in [9.17, 15) is 22.4 Å². The van der Waals surface area contributed by atoms with Crippen molar-refractivity contribution in [2.45, 2.75) is 12.8 Å². The number of carbonyl (C=O) groups is 1. The molecule has 1 N–H and O–H groups in total. The highest BCUT2D eigenvalue weighted by Crippen LogP contribution is 2.34. The Hall–Kier alpha value is -2.87. The van der Waals surface area contributed by atoms with Crippen LogP contribution in [-0.4, -0.2) is 5.91 Å². The number of ether oxygens (including phenoxy) is 1. The van der Waals surface area contributed by atoms with Gasteiger partial charge in [0.2, 0.25) is 0 Å². The van der Waals surface area contributed by atoms with Crippen molar-refractivity contribution in [1.29, 1.82) is 0 Å². The van der Waals surface area contributed by atoms with Crippen molar-refractivity contribution in [3.8, 4) is 5.75 Å². The van der Waals surface area contributed by atoms with Crippen LogP contribution in [0.25, 0.3) is 0 Å². The van der Waals surface area contributed by atoms with Gasteiger partial charge >= 0.3 is 6.18 Å². The van der Waals surface area contributed by atoms with E-state index >= 15 is 0 Å². The summed E-state index contributed by atoms with van der Waals surface area (Å²) in [5, 5.41) is 3.95. The maximum atomic E-state index is 13.1. The lowest BCUT2D eigenvalue weighted by Gasteiger charge is -2.12. The fourth-order valence-electron chi connectivity index (χ4n) is 2.32. The highest BCUT2D eigenvalue weighted by molar-refractivity contribution is 7.12. The first-order valence-electron chi connectivity index (χ1n) is 7.76. The minimum atomic E-state index is -4.57. The predicted molar refractivity (Wildman–Crippen MR) is 94.4 cm³/mol. The molecule has 0 fully saturated rings. The molecule has 0 bridgehead atoms. The van der Waals surface area contributed by atoms with Crippen molar-refractivity contribution < 1.29 is 27.1 Å². The van der Waals surface area contributed by atoms with E-state index in [1.54, 1.807) is 11.4 Å². The maximum Gasteiger partial charge on any atom is 0.418 e. The van der Waals surface area contributed by atoms with Crippen LogP contribution in [0, 0.1) is 5.82 Å². The van der Waals surface area contributed by atoms with Crippen molar-refractivity contribution in [2.24, 2.45) is 0 Å². The lowest BCUT2D eigenvalue weighted by Crippen LogP contribution is -2.15. The third-order valence-corrected chi connectivity index (χ3v) is 4.54. The Kier molecular flexibility index (Phi) is 5.46. The monoisotopic (exact) mass is 395 g/mol. The fourth-order valence-corrected chi connectivity index (χ4v) is 3.11. The topological polar surface area (TPSA) is 38.3 Å².